The number of rotatable bonds is 2. The first-order valence-corrected chi connectivity index (χ1v) is 3.77. The molecule has 0 unspecified atom stereocenters. The van der Waals surface area contributed by atoms with Gasteiger partial charge in [-0.1, -0.05) is 11.6 Å². The smallest absolute Gasteiger partial charge is 0.250 e. The van der Waals surface area contributed by atoms with E-state index < -0.39 is 11.7 Å². The summed E-state index contributed by atoms with van der Waals surface area (Å²) in [4.78, 5) is 10.8. The third kappa shape index (κ3) is 1.89. The molecular formula is C8H7ClFNO2. The van der Waals surface area contributed by atoms with Crippen LogP contribution in [0.3, 0.4) is 0 Å². The Hall–Kier alpha value is -1.29. The van der Waals surface area contributed by atoms with E-state index in [-0.39, 0.29) is 16.3 Å². The Morgan fingerprint density at radius 3 is 2.69 bits per heavy atom. The average molecular weight is 204 g/mol. The molecule has 1 aromatic carbocycles. The number of hydrogen-bond donors (Lipinski definition) is 1. The van der Waals surface area contributed by atoms with Crippen molar-refractivity contribution in [2.45, 2.75) is 0 Å². The van der Waals surface area contributed by atoms with Gasteiger partial charge >= 0.3 is 0 Å². The fourth-order valence-corrected chi connectivity index (χ4v) is 1.17. The lowest BCUT2D eigenvalue weighted by Gasteiger charge is -2.05. The number of carbonyl (C=O) groups is 1. The van der Waals surface area contributed by atoms with Crippen LogP contribution in [0.5, 0.6) is 5.75 Å². The van der Waals surface area contributed by atoms with Crippen LogP contribution in [0.25, 0.3) is 0 Å². The zero-order valence-electron chi connectivity index (χ0n) is 6.80. The summed E-state index contributed by atoms with van der Waals surface area (Å²) in [5, 5.41) is 0.0244. The largest absolute Gasteiger partial charge is 0.495 e. The summed E-state index contributed by atoms with van der Waals surface area (Å²) in [6, 6.07) is 2.04. The first-order valence-electron chi connectivity index (χ1n) is 3.39. The number of carbonyl (C=O) groups excluding carboxylic acids is 1. The Balaban J connectivity index is 3.35. The summed E-state index contributed by atoms with van der Waals surface area (Å²) >= 11 is 5.68. The minimum absolute atomic E-state index is 0.0244. The molecule has 1 rings (SSSR count). The van der Waals surface area contributed by atoms with Crippen LogP contribution in [0.15, 0.2) is 12.1 Å². The summed E-state index contributed by atoms with van der Waals surface area (Å²) in [5.41, 5.74) is 4.88. The molecular weight excluding hydrogens is 197 g/mol. The van der Waals surface area contributed by atoms with Gasteiger partial charge in [-0.05, 0) is 6.07 Å². The summed E-state index contributed by atoms with van der Waals surface area (Å²) in [6.07, 6.45) is 0. The quantitative estimate of drug-likeness (QED) is 0.794. The van der Waals surface area contributed by atoms with Crippen molar-refractivity contribution in [2.75, 3.05) is 7.11 Å². The van der Waals surface area contributed by atoms with Gasteiger partial charge in [0.25, 0.3) is 0 Å². The highest BCUT2D eigenvalue weighted by Crippen LogP contribution is 2.28. The van der Waals surface area contributed by atoms with E-state index in [4.69, 9.17) is 22.1 Å². The first-order chi connectivity index (χ1) is 6.06. The van der Waals surface area contributed by atoms with Gasteiger partial charge in [0.2, 0.25) is 5.91 Å². The highest BCUT2D eigenvalue weighted by Gasteiger charge is 2.13. The van der Waals surface area contributed by atoms with Crippen LogP contribution in [-0.4, -0.2) is 13.0 Å². The van der Waals surface area contributed by atoms with Gasteiger partial charge in [0.05, 0.1) is 17.7 Å². The van der Waals surface area contributed by atoms with E-state index >= 15 is 0 Å². The molecule has 0 atom stereocenters. The Bertz CT molecular complexity index is 354. The summed E-state index contributed by atoms with van der Waals surface area (Å²) in [5.74, 6) is -1.31. The number of halogens is 2. The molecule has 0 radical (unpaired) electrons. The lowest BCUT2D eigenvalue weighted by molar-refractivity contribution is 0.0999. The van der Waals surface area contributed by atoms with Crippen molar-refractivity contribution in [1.82, 2.24) is 0 Å². The average Bonchev–Trinajstić information content (AvgIpc) is 2.08. The first kappa shape index (κ1) is 9.80. The predicted octanol–water partition coefficient (Wildman–Crippen LogP) is 1.59. The molecule has 1 aromatic rings. The van der Waals surface area contributed by atoms with Crippen LogP contribution in [0.4, 0.5) is 4.39 Å². The second kappa shape index (κ2) is 3.62. The molecule has 0 saturated carbocycles. The molecule has 5 heteroatoms. The van der Waals surface area contributed by atoms with Crippen LogP contribution in [-0.2, 0) is 0 Å². The van der Waals surface area contributed by atoms with Crippen molar-refractivity contribution in [3.05, 3.63) is 28.5 Å². The van der Waals surface area contributed by atoms with Crippen LogP contribution in [0, 0.1) is 5.82 Å². The van der Waals surface area contributed by atoms with Crippen molar-refractivity contribution in [2.24, 2.45) is 5.73 Å². The van der Waals surface area contributed by atoms with Gasteiger partial charge in [0.1, 0.15) is 11.6 Å². The number of benzene rings is 1. The number of methoxy groups -OCH3 is 1. The number of nitrogens with two attached hydrogens (primary N) is 1. The van der Waals surface area contributed by atoms with Crippen LogP contribution >= 0.6 is 11.6 Å². The molecule has 0 aliphatic rings. The SMILES string of the molecule is COc1cc(F)cc(C(N)=O)c1Cl. The summed E-state index contributed by atoms with van der Waals surface area (Å²) in [7, 11) is 1.32. The van der Waals surface area contributed by atoms with Gasteiger partial charge in [0.15, 0.2) is 0 Å². The van der Waals surface area contributed by atoms with Gasteiger partial charge in [-0.3, -0.25) is 4.79 Å². The Morgan fingerprint density at radius 1 is 1.62 bits per heavy atom. The third-order valence-electron chi connectivity index (χ3n) is 1.49. The van der Waals surface area contributed by atoms with E-state index in [0.717, 1.165) is 12.1 Å². The number of amides is 1. The number of primary amides is 1. The highest BCUT2D eigenvalue weighted by molar-refractivity contribution is 6.35. The van der Waals surface area contributed by atoms with E-state index in [1.54, 1.807) is 0 Å². The lowest BCUT2D eigenvalue weighted by atomic mass is 10.2. The van der Waals surface area contributed by atoms with Gasteiger partial charge in [-0.15, -0.1) is 0 Å². The minimum atomic E-state index is -0.789. The maximum atomic E-state index is 12.8. The van der Waals surface area contributed by atoms with Crippen LogP contribution < -0.4 is 10.5 Å². The fraction of sp³-hybridized carbons (Fsp3) is 0.125. The van der Waals surface area contributed by atoms with Gasteiger partial charge in [-0.25, -0.2) is 4.39 Å². The van der Waals surface area contributed by atoms with Crippen molar-refractivity contribution in [1.29, 1.82) is 0 Å². The molecule has 0 spiro atoms. The van der Waals surface area contributed by atoms with Crippen LogP contribution in [0.2, 0.25) is 5.02 Å². The summed E-state index contributed by atoms with van der Waals surface area (Å²) < 4.78 is 17.5. The molecule has 0 saturated heterocycles. The molecule has 0 aliphatic heterocycles. The van der Waals surface area contributed by atoms with E-state index in [1.807, 2.05) is 0 Å². The van der Waals surface area contributed by atoms with Gasteiger partial charge < -0.3 is 10.5 Å². The van der Waals surface area contributed by atoms with Crippen molar-refractivity contribution < 1.29 is 13.9 Å². The van der Waals surface area contributed by atoms with Crippen molar-refractivity contribution in [3.63, 3.8) is 0 Å². The van der Waals surface area contributed by atoms with Crippen LogP contribution in [0.1, 0.15) is 10.4 Å². The Labute approximate surface area is 79.2 Å². The normalized spacial score (nSPS) is 9.77. The molecule has 2 N–H and O–H groups in total. The van der Waals surface area contributed by atoms with E-state index in [9.17, 15) is 9.18 Å². The predicted molar refractivity (Wildman–Crippen MR) is 46.5 cm³/mol. The molecule has 13 heavy (non-hydrogen) atoms. The van der Waals surface area contributed by atoms with Gasteiger partial charge in [0, 0.05) is 6.07 Å². The Kier molecular flexibility index (Phi) is 2.72. The molecule has 0 aromatic heterocycles. The zero-order valence-corrected chi connectivity index (χ0v) is 7.56. The lowest BCUT2D eigenvalue weighted by Crippen LogP contribution is -2.12. The molecule has 0 heterocycles. The number of ether oxygens (including phenoxy) is 1. The van der Waals surface area contributed by atoms with E-state index in [1.165, 1.54) is 7.11 Å². The van der Waals surface area contributed by atoms with E-state index in [0.29, 0.717) is 0 Å². The summed E-state index contributed by atoms with van der Waals surface area (Å²) in [6.45, 7) is 0. The van der Waals surface area contributed by atoms with Gasteiger partial charge in [-0.2, -0.15) is 0 Å². The van der Waals surface area contributed by atoms with E-state index in [2.05, 4.69) is 0 Å². The highest BCUT2D eigenvalue weighted by atomic mass is 35.5. The molecule has 1 amide bonds. The molecule has 70 valence electrons. The monoisotopic (exact) mass is 203 g/mol. The fourth-order valence-electron chi connectivity index (χ4n) is 0.892. The Morgan fingerprint density at radius 2 is 2.23 bits per heavy atom. The third-order valence-corrected chi connectivity index (χ3v) is 1.88. The maximum Gasteiger partial charge on any atom is 0.250 e. The topological polar surface area (TPSA) is 52.3 Å². The maximum absolute atomic E-state index is 12.8. The number of hydrogen-bond acceptors (Lipinski definition) is 2. The second-order valence-electron chi connectivity index (χ2n) is 2.33. The van der Waals surface area contributed by atoms with Crippen molar-refractivity contribution >= 4 is 17.5 Å². The second-order valence-corrected chi connectivity index (χ2v) is 2.71. The standard InChI is InChI=1S/C8H7ClFNO2/c1-13-6-3-4(10)2-5(7(6)9)8(11)12/h2-3H,1H3,(H2,11,12). The van der Waals surface area contributed by atoms with Crippen molar-refractivity contribution in [3.8, 4) is 5.75 Å². The molecule has 3 nitrogen and oxygen atoms in total. The molecule has 0 bridgehead atoms. The minimum Gasteiger partial charge on any atom is -0.495 e. The molecule has 0 aliphatic carbocycles. The molecule has 0 fully saturated rings. The zero-order chi connectivity index (χ0) is 10.0.